The van der Waals surface area contributed by atoms with Gasteiger partial charge in [0.05, 0.1) is 5.69 Å². The van der Waals surface area contributed by atoms with E-state index in [2.05, 4.69) is 9.72 Å². The van der Waals surface area contributed by atoms with Crippen LogP contribution >= 0.6 is 0 Å². The molecule has 0 bridgehead atoms. The molecule has 1 aromatic heterocycles. The maximum absolute atomic E-state index is 11.8. The molecule has 8 heteroatoms. The summed E-state index contributed by atoms with van der Waals surface area (Å²) >= 11 is 0. The molecule has 0 unspecified atom stereocenters. The highest BCUT2D eigenvalue weighted by atomic mass is 19.4. The molecule has 0 aliphatic heterocycles. The van der Waals surface area contributed by atoms with Gasteiger partial charge in [0, 0.05) is 0 Å². The van der Waals surface area contributed by atoms with Gasteiger partial charge in [0.1, 0.15) is 13.2 Å². The second kappa shape index (κ2) is 5.85. The van der Waals surface area contributed by atoms with Gasteiger partial charge in [-0.15, -0.1) is 0 Å². The average molecular weight is 267 g/mol. The molecule has 0 saturated heterocycles. The molecule has 0 radical (unpaired) electrons. The highest BCUT2D eigenvalue weighted by Crippen LogP contribution is 2.17. The molecule has 0 aromatic carbocycles. The molecule has 0 fully saturated rings. The second-order valence-electron chi connectivity index (χ2n) is 3.55. The lowest BCUT2D eigenvalue weighted by atomic mass is 10.2. The number of aromatic carboxylic acids is 1. The molecule has 0 amide bonds. The zero-order chi connectivity index (χ0) is 13.8. The van der Waals surface area contributed by atoms with Crippen LogP contribution in [0.1, 0.15) is 35.5 Å². The fraction of sp³-hybridized carbons (Fsp3) is 0.600. The molecule has 0 spiro atoms. The number of nitrogens with zero attached hydrogens (tertiary/aromatic N) is 1. The van der Waals surface area contributed by atoms with Crippen molar-refractivity contribution in [2.75, 3.05) is 6.61 Å². The van der Waals surface area contributed by atoms with Crippen LogP contribution in [0, 0.1) is 0 Å². The monoisotopic (exact) mass is 267 g/mol. The van der Waals surface area contributed by atoms with Gasteiger partial charge in [-0.2, -0.15) is 13.2 Å². The minimum Gasteiger partial charge on any atom is -0.475 e. The van der Waals surface area contributed by atoms with Gasteiger partial charge in [0.15, 0.2) is 0 Å². The lowest BCUT2D eigenvalue weighted by Crippen LogP contribution is -2.16. The summed E-state index contributed by atoms with van der Waals surface area (Å²) in [5, 5.41) is 8.81. The summed E-state index contributed by atoms with van der Waals surface area (Å²) in [7, 11) is 0. The summed E-state index contributed by atoms with van der Waals surface area (Å²) in [4.78, 5) is 14.6. The lowest BCUT2D eigenvalue weighted by molar-refractivity contribution is -0.177. The van der Waals surface area contributed by atoms with E-state index < -0.39 is 25.4 Å². The minimum absolute atomic E-state index is 0.167. The Balaban J connectivity index is 2.67. The third kappa shape index (κ3) is 4.36. The SMILES string of the molecule is CCCc1nc(COCC(F)(F)F)oc1C(=O)O. The van der Waals surface area contributed by atoms with Crippen LogP contribution in [0.3, 0.4) is 0 Å². The average Bonchev–Trinajstić information content (AvgIpc) is 2.60. The summed E-state index contributed by atoms with van der Waals surface area (Å²) in [5.74, 6) is -1.81. The highest BCUT2D eigenvalue weighted by molar-refractivity contribution is 5.85. The van der Waals surface area contributed by atoms with Crippen molar-refractivity contribution in [1.82, 2.24) is 4.98 Å². The largest absolute Gasteiger partial charge is 0.475 e. The van der Waals surface area contributed by atoms with E-state index in [1.807, 2.05) is 6.92 Å². The number of hydrogen-bond donors (Lipinski definition) is 1. The highest BCUT2D eigenvalue weighted by Gasteiger charge is 2.28. The van der Waals surface area contributed by atoms with E-state index in [4.69, 9.17) is 9.52 Å². The van der Waals surface area contributed by atoms with Gasteiger partial charge in [-0.1, -0.05) is 13.3 Å². The zero-order valence-electron chi connectivity index (χ0n) is 9.58. The summed E-state index contributed by atoms with van der Waals surface area (Å²) in [6.07, 6.45) is -3.41. The fourth-order valence-corrected chi connectivity index (χ4v) is 1.29. The topological polar surface area (TPSA) is 72.6 Å². The first-order valence-corrected chi connectivity index (χ1v) is 5.20. The van der Waals surface area contributed by atoms with E-state index in [-0.39, 0.29) is 17.3 Å². The molecular formula is C10H12F3NO4. The van der Waals surface area contributed by atoms with Gasteiger partial charge in [-0.25, -0.2) is 9.78 Å². The van der Waals surface area contributed by atoms with Crippen molar-refractivity contribution in [3.8, 4) is 0 Å². The van der Waals surface area contributed by atoms with Crippen molar-refractivity contribution in [1.29, 1.82) is 0 Å². The second-order valence-corrected chi connectivity index (χ2v) is 3.55. The summed E-state index contributed by atoms with van der Waals surface area (Å²) in [5.41, 5.74) is 0.218. The third-order valence-corrected chi connectivity index (χ3v) is 1.91. The number of aryl methyl sites for hydroxylation is 1. The number of ether oxygens (including phenoxy) is 1. The maximum Gasteiger partial charge on any atom is 0.411 e. The van der Waals surface area contributed by atoms with Crippen LogP contribution in [0.15, 0.2) is 4.42 Å². The van der Waals surface area contributed by atoms with Crippen LogP contribution < -0.4 is 0 Å². The number of aromatic nitrogens is 1. The van der Waals surface area contributed by atoms with E-state index in [1.54, 1.807) is 0 Å². The first-order chi connectivity index (χ1) is 8.33. The fourth-order valence-electron chi connectivity index (χ4n) is 1.29. The Morgan fingerprint density at radius 2 is 2.17 bits per heavy atom. The molecule has 1 rings (SSSR count). The number of carbonyl (C=O) groups is 1. The van der Waals surface area contributed by atoms with Crippen molar-refractivity contribution in [3.63, 3.8) is 0 Å². The van der Waals surface area contributed by atoms with Crippen LogP contribution in [-0.2, 0) is 17.8 Å². The number of carboxylic acid groups (broad SMARTS) is 1. The normalized spacial score (nSPS) is 11.8. The summed E-state index contributed by atoms with van der Waals surface area (Å²) < 4.78 is 44.6. The molecule has 1 N–H and O–H groups in total. The minimum atomic E-state index is -4.44. The molecule has 0 saturated carbocycles. The first kappa shape index (κ1) is 14.5. The molecule has 1 heterocycles. The standard InChI is InChI=1S/C10H12F3NO4/c1-2-3-6-8(9(15)16)18-7(14-6)4-17-5-10(11,12)13/h2-5H2,1H3,(H,15,16). The Kier molecular flexibility index (Phi) is 4.71. The number of carboxylic acids is 1. The van der Waals surface area contributed by atoms with Crippen LogP contribution in [0.5, 0.6) is 0 Å². The van der Waals surface area contributed by atoms with E-state index in [0.29, 0.717) is 12.8 Å². The van der Waals surface area contributed by atoms with Crippen molar-refractivity contribution in [2.24, 2.45) is 0 Å². The Labute approximate surface area is 101 Å². The number of oxazole rings is 1. The third-order valence-electron chi connectivity index (χ3n) is 1.91. The Morgan fingerprint density at radius 1 is 1.50 bits per heavy atom. The predicted octanol–water partition coefficient (Wildman–Crippen LogP) is 2.40. The maximum atomic E-state index is 11.8. The van der Waals surface area contributed by atoms with E-state index in [0.717, 1.165) is 0 Å². The van der Waals surface area contributed by atoms with Crippen LogP contribution in [0.25, 0.3) is 0 Å². The molecule has 1 aromatic rings. The summed E-state index contributed by atoms with van der Waals surface area (Å²) in [6, 6.07) is 0. The van der Waals surface area contributed by atoms with Gasteiger partial charge in [0.25, 0.3) is 0 Å². The number of rotatable bonds is 6. The Bertz CT molecular complexity index is 414. The van der Waals surface area contributed by atoms with Gasteiger partial charge in [-0.3, -0.25) is 0 Å². The van der Waals surface area contributed by atoms with E-state index in [1.165, 1.54) is 0 Å². The number of hydrogen-bond acceptors (Lipinski definition) is 4. The van der Waals surface area contributed by atoms with Gasteiger partial charge >= 0.3 is 12.1 Å². The molecule has 0 aliphatic rings. The van der Waals surface area contributed by atoms with Gasteiger partial charge in [0.2, 0.25) is 11.7 Å². The van der Waals surface area contributed by atoms with E-state index >= 15 is 0 Å². The molecule has 0 aliphatic carbocycles. The van der Waals surface area contributed by atoms with Gasteiger partial charge < -0.3 is 14.3 Å². The van der Waals surface area contributed by atoms with Crippen molar-refractivity contribution in [2.45, 2.75) is 32.5 Å². The zero-order valence-corrected chi connectivity index (χ0v) is 9.58. The first-order valence-electron chi connectivity index (χ1n) is 5.20. The molecule has 5 nitrogen and oxygen atoms in total. The van der Waals surface area contributed by atoms with Crippen molar-refractivity contribution in [3.05, 3.63) is 17.3 Å². The van der Waals surface area contributed by atoms with Crippen molar-refractivity contribution >= 4 is 5.97 Å². The lowest BCUT2D eigenvalue weighted by Gasteiger charge is -2.04. The molecule has 0 atom stereocenters. The Morgan fingerprint density at radius 3 is 2.67 bits per heavy atom. The molecule has 102 valence electrons. The van der Waals surface area contributed by atoms with Crippen molar-refractivity contribution < 1.29 is 32.2 Å². The smallest absolute Gasteiger partial charge is 0.411 e. The quantitative estimate of drug-likeness (QED) is 0.856. The van der Waals surface area contributed by atoms with Crippen LogP contribution in [0.4, 0.5) is 13.2 Å². The summed E-state index contributed by atoms with van der Waals surface area (Å²) in [6.45, 7) is -0.120. The van der Waals surface area contributed by atoms with E-state index in [9.17, 15) is 18.0 Å². The van der Waals surface area contributed by atoms with Crippen LogP contribution in [0.2, 0.25) is 0 Å². The molecule has 18 heavy (non-hydrogen) atoms. The number of halogens is 3. The Hall–Kier alpha value is -1.57. The predicted molar refractivity (Wildman–Crippen MR) is 53.2 cm³/mol. The van der Waals surface area contributed by atoms with Gasteiger partial charge in [-0.05, 0) is 6.42 Å². The van der Waals surface area contributed by atoms with Crippen LogP contribution in [-0.4, -0.2) is 28.8 Å². The molecular weight excluding hydrogens is 255 g/mol. The number of alkyl halides is 3.